The van der Waals surface area contributed by atoms with Crippen molar-refractivity contribution < 1.29 is 14.4 Å². The first kappa shape index (κ1) is 11.4. The van der Waals surface area contributed by atoms with Crippen LogP contribution in [0.1, 0.15) is 17.4 Å². The third kappa shape index (κ3) is 2.54. The molecule has 2 aromatic rings. The Morgan fingerprint density at radius 3 is 2.59 bits per heavy atom. The number of benzene rings is 1. The van der Waals surface area contributed by atoms with Crippen LogP contribution in [0.5, 0.6) is 0 Å². The Bertz CT molecular complexity index is 477. The van der Waals surface area contributed by atoms with E-state index in [9.17, 15) is 5.11 Å². The minimum absolute atomic E-state index is 0.351. The molecule has 0 amide bonds. The summed E-state index contributed by atoms with van der Waals surface area (Å²) in [5.74, 6) is 0.489. The maximum absolute atomic E-state index is 10.2. The van der Waals surface area contributed by atoms with Crippen molar-refractivity contribution in [2.75, 3.05) is 7.11 Å². The van der Waals surface area contributed by atoms with Crippen molar-refractivity contribution in [3.05, 3.63) is 60.1 Å². The number of aliphatic hydroxyl groups is 1. The Balaban J connectivity index is 2.33. The molecule has 1 N–H and O–H groups in total. The summed E-state index contributed by atoms with van der Waals surface area (Å²) < 4.78 is 5.22. The van der Waals surface area contributed by atoms with Crippen LogP contribution in [-0.2, 0) is 4.84 Å². The zero-order chi connectivity index (χ0) is 12.1. The maximum atomic E-state index is 10.2. The Hall–Kier alpha value is -2.07. The number of oxime groups is 1. The highest BCUT2D eigenvalue weighted by molar-refractivity contribution is 6.01. The van der Waals surface area contributed by atoms with E-state index in [0.717, 1.165) is 5.56 Å². The van der Waals surface area contributed by atoms with Crippen LogP contribution in [0.2, 0.25) is 0 Å². The molecule has 0 radical (unpaired) electrons. The molecule has 4 nitrogen and oxygen atoms in total. The van der Waals surface area contributed by atoms with Crippen LogP contribution >= 0.6 is 0 Å². The van der Waals surface area contributed by atoms with Gasteiger partial charge in [0.15, 0.2) is 11.5 Å². The summed E-state index contributed by atoms with van der Waals surface area (Å²) in [6, 6.07) is 12.7. The van der Waals surface area contributed by atoms with E-state index in [4.69, 9.17) is 9.25 Å². The molecule has 17 heavy (non-hydrogen) atoms. The molecule has 88 valence electrons. The van der Waals surface area contributed by atoms with E-state index in [1.165, 1.54) is 13.4 Å². The van der Waals surface area contributed by atoms with Crippen LogP contribution in [-0.4, -0.2) is 17.9 Å². The second-order valence-corrected chi connectivity index (χ2v) is 3.45. The smallest absolute Gasteiger partial charge is 0.155 e. The Morgan fingerprint density at radius 1 is 1.24 bits per heavy atom. The minimum atomic E-state index is -0.873. The van der Waals surface area contributed by atoms with E-state index >= 15 is 0 Å². The lowest BCUT2D eigenvalue weighted by molar-refractivity contribution is 0.194. The third-order valence-electron chi connectivity index (χ3n) is 2.34. The van der Waals surface area contributed by atoms with Gasteiger partial charge in [0, 0.05) is 0 Å². The number of rotatable bonds is 4. The molecule has 1 aromatic carbocycles. The fourth-order valence-electron chi connectivity index (χ4n) is 1.55. The zero-order valence-electron chi connectivity index (χ0n) is 9.41. The number of aliphatic hydroxyl groups excluding tert-OH is 1. The molecule has 0 aliphatic carbocycles. The molecule has 0 spiro atoms. The number of hydrogen-bond acceptors (Lipinski definition) is 4. The molecule has 0 saturated carbocycles. The Morgan fingerprint density at radius 2 is 2.00 bits per heavy atom. The molecule has 2 rings (SSSR count). The van der Waals surface area contributed by atoms with Crippen molar-refractivity contribution in [2.24, 2.45) is 5.16 Å². The molecule has 1 atom stereocenters. The van der Waals surface area contributed by atoms with Crippen molar-refractivity contribution in [1.29, 1.82) is 0 Å². The highest BCUT2D eigenvalue weighted by atomic mass is 16.6. The lowest BCUT2D eigenvalue weighted by Gasteiger charge is -2.11. The monoisotopic (exact) mass is 231 g/mol. The summed E-state index contributed by atoms with van der Waals surface area (Å²) >= 11 is 0. The van der Waals surface area contributed by atoms with Crippen molar-refractivity contribution >= 4 is 5.71 Å². The van der Waals surface area contributed by atoms with Gasteiger partial charge in [-0.2, -0.15) is 0 Å². The number of hydrogen-bond donors (Lipinski definition) is 1. The largest absolute Gasteiger partial charge is 0.463 e. The van der Waals surface area contributed by atoms with E-state index in [0.29, 0.717) is 11.5 Å². The molecular weight excluding hydrogens is 218 g/mol. The van der Waals surface area contributed by atoms with Crippen LogP contribution in [0.25, 0.3) is 0 Å². The molecule has 0 bridgehead atoms. The standard InChI is InChI=1S/C13H13NO3/c1-16-14-12(11-8-5-9-17-11)13(15)10-6-3-2-4-7-10/h2-9,13,15H,1H3/b14-12+. The van der Waals surface area contributed by atoms with Gasteiger partial charge in [-0.25, -0.2) is 0 Å². The molecule has 4 heteroatoms. The topological polar surface area (TPSA) is 55.0 Å². The minimum Gasteiger partial charge on any atom is -0.463 e. The van der Waals surface area contributed by atoms with Gasteiger partial charge in [0.1, 0.15) is 13.2 Å². The van der Waals surface area contributed by atoms with Crippen LogP contribution in [0.3, 0.4) is 0 Å². The molecule has 0 aliphatic heterocycles. The normalized spacial score (nSPS) is 13.4. The summed E-state index contributed by atoms with van der Waals surface area (Å²) in [5.41, 5.74) is 1.09. The number of nitrogens with zero attached hydrogens (tertiary/aromatic N) is 1. The van der Waals surface area contributed by atoms with Crippen LogP contribution in [0.4, 0.5) is 0 Å². The van der Waals surface area contributed by atoms with E-state index in [-0.39, 0.29) is 0 Å². The SMILES string of the molecule is CO/N=C(\c1ccco1)C(O)c1ccccc1. The van der Waals surface area contributed by atoms with Crippen molar-refractivity contribution in [2.45, 2.75) is 6.10 Å². The first-order valence-corrected chi connectivity index (χ1v) is 5.21. The average molecular weight is 231 g/mol. The van der Waals surface area contributed by atoms with Crippen LogP contribution in [0.15, 0.2) is 58.3 Å². The highest BCUT2D eigenvalue weighted by Crippen LogP contribution is 2.19. The Labute approximate surface area is 99.1 Å². The quantitative estimate of drug-likeness (QED) is 0.649. The maximum Gasteiger partial charge on any atom is 0.155 e. The second-order valence-electron chi connectivity index (χ2n) is 3.45. The van der Waals surface area contributed by atoms with E-state index in [2.05, 4.69) is 5.16 Å². The van der Waals surface area contributed by atoms with Crippen molar-refractivity contribution in [1.82, 2.24) is 0 Å². The lowest BCUT2D eigenvalue weighted by atomic mass is 10.0. The fraction of sp³-hybridized carbons (Fsp3) is 0.154. The summed E-state index contributed by atoms with van der Waals surface area (Å²) in [6.45, 7) is 0. The first-order valence-electron chi connectivity index (χ1n) is 5.21. The molecule has 0 fully saturated rings. The molecule has 0 saturated heterocycles. The average Bonchev–Trinajstić information content (AvgIpc) is 2.90. The predicted molar refractivity (Wildman–Crippen MR) is 63.7 cm³/mol. The van der Waals surface area contributed by atoms with E-state index < -0.39 is 6.10 Å². The van der Waals surface area contributed by atoms with Gasteiger partial charge in [-0.05, 0) is 17.7 Å². The fourth-order valence-corrected chi connectivity index (χ4v) is 1.55. The molecule has 1 heterocycles. The zero-order valence-corrected chi connectivity index (χ0v) is 9.41. The second kappa shape index (κ2) is 5.32. The Kier molecular flexibility index (Phi) is 3.57. The summed E-state index contributed by atoms with van der Waals surface area (Å²) in [6.07, 6.45) is 0.653. The predicted octanol–water partition coefficient (Wildman–Crippen LogP) is 2.36. The van der Waals surface area contributed by atoms with Gasteiger partial charge in [0.25, 0.3) is 0 Å². The van der Waals surface area contributed by atoms with Crippen molar-refractivity contribution in [3.63, 3.8) is 0 Å². The van der Waals surface area contributed by atoms with E-state index in [1.54, 1.807) is 12.1 Å². The third-order valence-corrected chi connectivity index (χ3v) is 2.34. The lowest BCUT2D eigenvalue weighted by Crippen LogP contribution is -2.13. The number of furan rings is 1. The van der Waals surface area contributed by atoms with Gasteiger partial charge in [0.2, 0.25) is 0 Å². The molecule has 1 unspecified atom stereocenters. The van der Waals surface area contributed by atoms with Gasteiger partial charge < -0.3 is 14.4 Å². The van der Waals surface area contributed by atoms with Gasteiger partial charge in [-0.15, -0.1) is 0 Å². The molecule has 0 aliphatic rings. The van der Waals surface area contributed by atoms with Gasteiger partial charge in [0.05, 0.1) is 6.26 Å². The summed E-state index contributed by atoms with van der Waals surface area (Å²) in [4.78, 5) is 4.74. The summed E-state index contributed by atoms with van der Waals surface area (Å²) in [7, 11) is 1.43. The van der Waals surface area contributed by atoms with Crippen molar-refractivity contribution in [3.8, 4) is 0 Å². The molecule has 1 aromatic heterocycles. The van der Waals surface area contributed by atoms with Gasteiger partial charge in [-0.1, -0.05) is 35.5 Å². The first-order chi connectivity index (χ1) is 8.33. The van der Waals surface area contributed by atoms with Crippen LogP contribution in [0, 0.1) is 0 Å². The molecular formula is C13H13NO3. The van der Waals surface area contributed by atoms with E-state index in [1.807, 2.05) is 30.3 Å². The summed E-state index contributed by atoms with van der Waals surface area (Å²) in [5, 5.41) is 14.0. The van der Waals surface area contributed by atoms with Gasteiger partial charge in [-0.3, -0.25) is 0 Å². The highest BCUT2D eigenvalue weighted by Gasteiger charge is 2.20. The van der Waals surface area contributed by atoms with Crippen LogP contribution < -0.4 is 0 Å². The van der Waals surface area contributed by atoms with Gasteiger partial charge >= 0.3 is 0 Å².